The minimum Gasteiger partial charge on any atom is -0.497 e. The van der Waals surface area contributed by atoms with Crippen molar-refractivity contribution in [3.8, 4) is 28.4 Å². The molecule has 1 saturated heterocycles. The number of ether oxygens (including phenoxy) is 3. The summed E-state index contributed by atoms with van der Waals surface area (Å²) in [5.41, 5.74) is 3.82. The smallest absolute Gasteiger partial charge is 0.497 e. The van der Waals surface area contributed by atoms with Gasteiger partial charge in [-0.25, -0.2) is 0 Å². The first-order valence-electron chi connectivity index (χ1n) is 14.5. The third-order valence-electron chi connectivity index (χ3n) is 7.60. The number of halogens is 3. The van der Waals surface area contributed by atoms with E-state index in [0.717, 1.165) is 16.9 Å². The number of methoxy groups -OCH3 is 1. The minimum absolute atomic E-state index is 0.0735. The van der Waals surface area contributed by atoms with Gasteiger partial charge in [0.15, 0.2) is 0 Å². The Kier molecular flexibility index (Phi) is 9.61. The standard InChI is InChI=1S/C35H33F3N2O5/c1-23-5-3-8-31(33(23)25-11-15-29(16-12-25)45-35(36,37)38)34(42)39-26-6-4-7-30(22-26)44-28-17-19-40(20-18-28)32(41)21-24-9-13-27(43-2)14-10-24/h3-16,22,28H,17-21H2,1-2H3,(H,39,42). The van der Waals surface area contributed by atoms with Crippen molar-refractivity contribution in [2.75, 3.05) is 25.5 Å². The topological polar surface area (TPSA) is 77.1 Å². The van der Waals surface area contributed by atoms with Crippen LogP contribution in [0.1, 0.15) is 34.3 Å². The fourth-order valence-corrected chi connectivity index (χ4v) is 5.35. The molecule has 4 aromatic carbocycles. The molecule has 0 spiro atoms. The molecule has 0 aliphatic carbocycles. The van der Waals surface area contributed by atoms with Crippen molar-refractivity contribution in [1.29, 1.82) is 0 Å². The Morgan fingerprint density at radius 2 is 1.53 bits per heavy atom. The van der Waals surface area contributed by atoms with Crippen molar-refractivity contribution < 1.29 is 37.0 Å². The maximum atomic E-state index is 13.4. The fraction of sp³-hybridized carbons (Fsp3) is 0.257. The number of likely N-dealkylation sites (tertiary alicyclic amines) is 1. The van der Waals surface area contributed by atoms with Gasteiger partial charge in [-0.15, -0.1) is 13.2 Å². The van der Waals surface area contributed by atoms with E-state index in [1.807, 2.05) is 48.2 Å². The highest BCUT2D eigenvalue weighted by atomic mass is 19.4. The largest absolute Gasteiger partial charge is 0.573 e. The van der Waals surface area contributed by atoms with Crippen molar-refractivity contribution in [2.24, 2.45) is 0 Å². The molecule has 1 fully saturated rings. The van der Waals surface area contributed by atoms with Crippen LogP contribution < -0.4 is 19.5 Å². The molecule has 2 amide bonds. The summed E-state index contributed by atoms with van der Waals surface area (Å²) in [5.74, 6) is 0.712. The first-order chi connectivity index (χ1) is 21.6. The number of benzene rings is 4. The number of nitrogens with one attached hydrogen (secondary N) is 1. The van der Waals surface area contributed by atoms with Gasteiger partial charge in [0.1, 0.15) is 23.4 Å². The number of nitrogens with zero attached hydrogens (tertiary/aromatic N) is 1. The van der Waals surface area contributed by atoms with E-state index < -0.39 is 6.36 Å². The lowest BCUT2D eigenvalue weighted by atomic mass is 9.94. The number of anilines is 1. The third kappa shape index (κ3) is 8.35. The molecule has 0 radical (unpaired) electrons. The minimum atomic E-state index is -4.79. The summed E-state index contributed by atoms with van der Waals surface area (Å²) in [7, 11) is 1.61. The summed E-state index contributed by atoms with van der Waals surface area (Å²) < 4.78 is 53.2. The molecule has 0 unspecified atom stereocenters. The molecule has 234 valence electrons. The van der Waals surface area contributed by atoms with E-state index in [1.165, 1.54) is 24.3 Å². The SMILES string of the molecule is COc1ccc(CC(=O)N2CCC(Oc3cccc(NC(=O)c4cccc(C)c4-c4ccc(OC(F)(F)F)cc4)c3)CC2)cc1. The van der Waals surface area contributed by atoms with E-state index >= 15 is 0 Å². The van der Waals surface area contributed by atoms with Crippen LogP contribution >= 0.6 is 0 Å². The van der Waals surface area contributed by atoms with Gasteiger partial charge in [-0.2, -0.15) is 0 Å². The molecule has 1 aliphatic heterocycles. The van der Waals surface area contributed by atoms with Crippen LogP contribution in [0.5, 0.6) is 17.2 Å². The molecule has 1 aliphatic rings. The van der Waals surface area contributed by atoms with E-state index in [-0.39, 0.29) is 23.7 Å². The average molecular weight is 619 g/mol. The Morgan fingerprint density at radius 1 is 0.867 bits per heavy atom. The molecule has 10 heteroatoms. The monoisotopic (exact) mass is 618 g/mol. The maximum Gasteiger partial charge on any atom is 0.573 e. The first kappa shape index (κ1) is 31.4. The van der Waals surface area contributed by atoms with E-state index in [4.69, 9.17) is 9.47 Å². The fourth-order valence-electron chi connectivity index (χ4n) is 5.35. The highest BCUT2D eigenvalue weighted by molar-refractivity contribution is 6.09. The second-order valence-corrected chi connectivity index (χ2v) is 10.8. The van der Waals surface area contributed by atoms with Gasteiger partial charge in [0.05, 0.1) is 13.5 Å². The van der Waals surface area contributed by atoms with Gasteiger partial charge in [-0.3, -0.25) is 9.59 Å². The molecule has 7 nitrogen and oxygen atoms in total. The lowest BCUT2D eigenvalue weighted by Gasteiger charge is -2.32. The van der Waals surface area contributed by atoms with Crippen LogP contribution in [0.4, 0.5) is 18.9 Å². The van der Waals surface area contributed by atoms with Crippen LogP contribution in [0.2, 0.25) is 0 Å². The predicted molar refractivity (Wildman–Crippen MR) is 165 cm³/mol. The van der Waals surface area contributed by atoms with Crippen molar-refractivity contribution in [3.05, 3.63) is 108 Å². The van der Waals surface area contributed by atoms with Crippen LogP contribution in [0.3, 0.4) is 0 Å². The van der Waals surface area contributed by atoms with Gasteiger partial charge in [0.2, 0.25) is 5.91 Å². The molecular formula is C35H33F3N2O5. The molecule has 4 aromatic rings. The number of piperidine rings is 1. The quantitative estimate of drug-likeness (QED) is 0.211. The van der Waals surface area contributed by atoms with Gasteiger partial charge >= 0.3 is 6.36 Å². The number of amides is 2. The Balaban J connectivity index is 1.19. The molecular weight excluding hydrogens is 585 g/mol. The second kappa shape index (κ2) is 13.8. The van der Waals surface area contributed by atoms with Crippen molar-refractivity contribution in [2.45, 2.75) is 38.7 Å². The number of hydrogen-bond donors (Lipinski definition) is 1. The molecule has 0 saturated carbocycles. The normalized spacial score (nSPS) is 13.7. The predicted octanol–water partition coefficient (Wildman–Crippen LogP) is 7.43. The lowest BCUT2D eigenvalue weighted by molar-refractivity contribution is -0.274. The van der Waals surface area contributed by atoms with Gasteiger partial charge in [-0.1, -0.05) is 42.5 Å². The molecule has 45 heavy (non-hydrogen) atoms. The van der Waals surface area contributed by atoms with E-state index in [1.54, 1.807) is 37.4 Å². The Morgan fingerprint density at radius 3 is 2.20 bits per heavy atom. The zero-order chi connectivity index (χ0) is 32.0. The van der Waals surface area contributed by atoms with Crippen LogP contribution in [-0.4, -0.2) is 49.4 Å². The zero-order valence-corrected chi connectivity index (χ0v) is 24.9. The number of alkyl halides is 3. The highest BCUT2D eigenvalue weighted by Gasteiger charge is 2.31. The van der Waals surface area contributed by atoms with Gasteiger partial charge < -0.3 is 24.4 Å². The number of rotatable bonds is 9. The highest BCUT2D eigenvalue weighted by Crippen LogP contribution is 2.32. The molecule has 0 aromatic heterocycles. The summed E-state index contributed by atoms with van der Waals surface area (Å²) >= 11 is 0. The summed E-state index contributed by atoms with van der Waals surface area (Å²) in [5, 5.41) is 2.91. The molecule has 1 heterocycles. The van der Waals surface area contributed by atoms with Gasteiger partial charge in [0.25, 0.3) is 5.91 Å². The second-order valence-electron chi connectivity index (χ2n) is 10.8. The summed E-state index contributed by atoms with van der Waals surface area (Å²) in [6.07, 6.45) is -3.16. The lowest BCUT2D eigenvalue weighted by Crippen LogP contribution is -2.42. The zero-order valence-electron chi connectivity index (χ0n) is 24.9. The van der Waals surface area contributed by atoms with Crippen molar-refractivity contribution in [1.82, 2.24) is 4.90 Å². The van der Waals surface area contributed by atoms with E-state index in [0.29, 0.717) is 60.5 Å². The number of carbonyl (C=O) groups is 2. The van der Waals surface area contributed by atoms with Crippen LogP contribution in [0.25, 0.3) is 11.1 Å². The number of hydrogen-bond acceptors (Lipinski definition) is 5. The number of aryl methyl sites for hydroxylation is 1. The van der Waals surface area contributed by atoms with Gasteiger partial charge in [-0.05, 0) is 71.6 Å². The van der Waals surface area contributed by atoms with E-state index in [2.05, 4.69) is 10.1 Å². The van der Waals surface area contributed by atoms with E-state index in [9.17, 15) is 22.8 Å². The molecule has 5 rings (SSSR count). The van der Waals surface area contributed by atoms with Crippen LogP contribution in [0, 0.1) is 6.92 Å². The Bertz CT molecular complexity index is 1630. The molecule has 0 atom stereocenters. The third-order valence-corrected chi connectivity index (χ3v) is 7.60. The van der Waals surface area contributed by atoms with Crippen LogP contribution in [0.15, 0.2) is 91.0 Å². The average Bonchev–Trinajstić information content (AvgIpc) is 3.01. The van der Waals surface area contributed by atoms with Gasteiger partial charge in [0, 0.05) is 43.2 Å². The van der Waals surface area contributed by atoms with Crippen LogP contribution in [-0.2, 0) is 11.2 Å². The van der Waals surface area contributed by atoms with Crippen molar-refractivity contribution >= 4 is 17.5 Å². The Labute approximate surface area is 259 Å². The summed E-state index contributed by atoms with van der Waals surface area (Å²) in [6, 6.07) is 25.3. The number of carbonyl (C=O) groups excluding carboxylic acids is 2. The first-order valence-corrected chi connectivity index (χ1v) is 14.5. The maximum absolute atomic E-state index is 13.4. The summed E-state index contributed by atoms with van der Waals surface area (Å²) in [4.78, 5) is 28.1. The summed E-state index contributed by atoms with van der Waals surface area (Å²) in [6.45, 7) is 3.02. The van der Waals surface area contributed by atoms with Crippen molar-refractivity contribution in [3.63, 3.8) is 0 Å². The Hall–Kier alpha value is -4.99. The molecule has 1 N–H and O–H groups in total. The molecule has 0 bridgehead atoms.